The van der Waals surface area contributed by atoms with Gasteiger partial charge in [0.05, 0.1) is 17.7 Å². The molecule has 1 amide bonds. The standard InChI is InChI=1S/C22H23FN4O6S/c1-14(13-28)32-16-9-15(22(29)25-21-5-6-24-26-21)10-17(11-16)33-20-4-3-18(12-19(20)23)34(30,31)27-7-2-8-27/h3-6,9-12,14,28H,2,7-8,13H2,1H3,(H2,24,25,26,29)/t14-/m0/s1. The molecular weight excluding hydrogens is 467 g/mol. The van der Waals surface area contributed by atoms with Gasteiger partial charge < -0.3 is 19.9 Å². The molecule has 1 fully saturated rings. The number of sulfonamides is 1. The van der Waals surface area contributed by atoms with Crippen LogP contribution in [0.15, 0.2) is 53.6 Å². The minimum atomic E-state index is -3.75. The van der Waals surface area contributed by atoms with E-state index < -0.39 is 27.9 Å². The Kier molecular flexibility index (Phi) is 6.82. The number of halogens is 1. The summed E-state index contributed by atoms with van der Waals surface area (Å²) in [5, 5.41) is 18.3. The molecule has 4 rings (SSSR count). The normalized spacial score (nSPS) is 14.8. The van der Waals surface area contributed by atoms with E-state index in [9.17, 15) is 22.7 Å². The summed E-state index contributed by atoms with van der Waals surface area (Å²) in [6.07, 6.45) is 1.68. The first-order chi connectivity index (χ1) is 16.3. The van der Waals surface area contributed by atoms with Crippen molar-refractivity contribution >= 4 is 21.7 Å². The predicted molar refractivity (Wildman–Crippen MR) is 120 cm³/mol. The zero-order chi connectivity index (χ0) is 24.3. The molecule has 0 unspecified atom stereocenters. The van der Waals surface area contributed by atoms with Crippen LogP contribution < -0.4 is 14.8 Å². The molecule has 3 N–H and O–H groups in total. The molecular formula is C22H23FN4O6S. The second-order valence-electron chi connectivity index (χ2n) is 7.68. The van der Waals surface area contributed by atoms with Crippen LogP contribution in [-0.2, 0) is 10.0 Å². The lowest BCUT2D eigenvalue weighted by Crippen LogP contribution is -2.41. The van der Waals surface area contributed by atoms with Crippen LogP contribution in [0.5, 0.6) is 17.2 Å². The Bertz CT molecular complexity index is 1280. The average molecular weight is 491 g/mol. The Hall–Kier alpha value is -3.48. The van der Waals surface area contributed by atoms with Gasteiger partial charge >= 0.3 is 0 Å². The molecule has 0 aliphatic carbocycles. The Balaban J connectivity index is 1.61. The fourth-order valence-corrected chi connectivity index (χ4v) is 4.68. The Morgan fingerprint density at radius 3 is 2.62 bits per heavy atom. The number of hydrogen-bond donors (Lipinski definition) is 3. The molecule has 1 aromatic heterocycles. The molecule has 2 heterocycles. The van der Waals surface area contributed by atoms with Gasteiger partial charge in [-0.1, -0.05) is 0 Å². The minimum Gasteiger partial charge on any atom is -0.488 e. The van der Waals surface area contributed by atoms with E-state index in [1.165, 1.54) is 40.8 Å². The zero-order valence-electron chi connectivity index (χ0n) is 18.2. The highest BCUT2D eigenvalue weighted by molar-refractivity contribution is 7.89. The van der Waals surface area contributed by atoms with Gasteiger partial charge in [0.1, 0.15) is 23.4 Å². The van der Waals surface area contributed by atoms with Crippen LogP contribution >= 0.6 is 0 Å². The van der Waals surface area contributed by atoms with E-state index in [0.29, 0.717) is 18.9 Å². The highest BCUT2D eigenvalue weighted by atomic mass is 32.2. The monoisotopic (exact) mass is 490 g/mol. The Labute approximate surface area is 195 Å². The van der Waals surface area contributed by atoms with E-state index in [0.717, 1.165) is 12.5 Å². The largest absolute Gasteiger partial charge is 0.488 e. The van der Waals surface area contributed by atoms with Gasteiger partial charge in [-0.05, 0) is 43.7 Å². The van der Waals surface area contributed by atoms with Gasteiger partial charge in [-0.25, -0.2) is 12.8 Å². The van der Waals surface area contributed by atoms with E-state index in [-0.39, 0.29) is 34.3 Å². The molecule has 180 valence electrons. The van der Waals surface area contributed by atoms with E-state index in [2.05, 4.69) is 15.5 Å². The molecule has 0 bridgehead atoms. The number of hydrogen-bond acceptors (Lipinski definition) is 7. The maximum absolute atomic E-state index is 14.8. The molecule has 12 heteroatoms. The average Bonchev–Trinajstić information content (AvgIpc) is 3.26. The van der Waals surface area contributed by atoms with Crippen molar-refractivity contribution in [3.8, 4) is 17.2 Å². The highest BCUT2D eigenvalue weighted by Gasteiger charge is 2.30. The second kappa shape index (κ2) is 9.79. The van der Waals surface area contributed by atoms with Gasteiger partial charge in [-0.3, -0.25) is 9.89 Å². The fraction of sp³-hybridized carbons (Fsp3) is 0.273. The molecule has 3 aromatic rings. The van der Waals surface area contributed by atoms with Gasteiger partial charge in [-0.2, -0.15) is 9.40 Å². The van der Waals surface area contributed by atoms with E-state index in [4.69, 9.17) is 9.47 Å². The first kappa shape index (κ1) is 23.7. The molecule has 1 atom stereocenters. The Morgan fingerprint density at radius 1 is 1.24 bits per heavy atom. The van der Waals surface area contributed by atoms with Crippen molar-refractivity contribution in [3.05, 3.63) is 60.0 Å². The molecule has 0 spiro atoms. The number of carbonyl (C=O) groups is 1. The summed E-state index contributed by atoms with van der Waals surface area (Å²) in [5.41, 5.74) is 0.143. The molecule has 1 aliphatic heterocycles. The molecule has 0 saturated carbocycles. The van der Waals surface area contributed by atoms with Crippen LogP contribution in [0, 0.1) is 5.82 Å². The van der Waals surface area contributed by atoms with Crippen molar-refractivity contribution in [2.75, 3.05) is 25.0 Å². The number of ether oxygens (including phenoxy) is 2. The van der Waals surface area contributed by atoms with Crippen molar-refractivity contribution in [1.82, 2.24) is 14.5 Å². The van der Waals surface area contributed by atoms with Gasteiger partial charge in [0.2, 0.25) is 10.0 Å². The topological polar surface area (TPSA) is 134 Å². The van der Waals surface area contributed by atoms with Crippen LogP contribution in [0.3, 0.4) is 0 Å². The van der Waals surface area contributed by atoms with Gasteiger partial charge in [0.25, 0.3) is 5.91 Å². The van der Waals surface area contributed by atoms with Gasteiger partial charge in [0, 0.05) is 30.8 Å². The third-order valence-corrected chi connectivity index (χ3v) is 6.96. The number of nitrogens with zero attached hydrogens (tertiary/aromatic N) is 2. The van der Waals surface area contributed by atoms with Crippen molar-refractivity contribution < 1.29 is 32.2 Å². The minimum absolute atomic E-state index is 0.0784. The number of carbonyl (C=O) groups excluding carboxylic acids is 1. The lowest BCUT2D eigenvalue weighted by atomic mass is 10.2. The Morgan fingerprint density at radius 2 is 2.00 bits per heavy atom. The lowest BCUT2D eigenvalue weighted by molar-refractivity contribution is 0.102. The van der Waals surface area contributed by atoms with E-state index in [1.54, 1.807) is 13.0 Å². The predicted octanol–water partition coefficient (Wildman–Crippen LogP) is 2.75. The quantitative estimate of drug-likeness (QED) is 0.420. The zero-order valence-corrected chi connectivity index (χ0v) is 19.0. The van der Waals surface area contributed by atoms with Gasteiger partial charge in [0.15, 0.2) is 11.6 Å². The summed E-state index contributed by atoms with van der Waals surface area (Å²) < 4.78 is 52.3. The first-order valence-corrected chi connectivity index (χ1v) is 11.9. The van der Waals surface area contributed by atoms with Crippen LogP contribution in [0.25, 0.3) is 0 Å². The molecule has 0 radical (unpaired) electrons. The molecule has 2 aromatic carbocycles. The van der Waals surface area contributed by atoms with Crippen molar-refractivity contribution in [2.45, 2.75) is 24.3 Å². The van der Waals surface area contributed by atoms with Gasteiger partial charge in [-0.15, -0.1) is 0 Å². The molecule has 1 saturated heterocycles. The maximum Gasteiger partial charge on any atom is 0.257 e. The summed E-state index contributed by atoms with van der Waals surface area (Å²) in [6, 6.07) is 9.22. The number of nitrogens with one attached hydrogen (secondary N) is 2. The number of amides is 1. The SMILES string of the molecule is C[C@@H](CO)Oc1cc(Oc2ccc(S(=O)(=O)N3CCC3)cc2F)cc(C(=O)Nc2ccn[nH]2)c1. The smallest absolute Gasteiger partial charge is 0.257 e. The van der Waals surface area contributed by atoms with E-state index >= 15 is 0 Å². The number of aromatic nitrogens is 2. The van der Waals surface area contributed by atoms with Crippen LogP contribution in [0.1, 0.15) is 23.7 Å². The summed E-state index contributed by atoms with van der Waals surface area (Å²) in [4.78, 5) is 12.5. The van der Waals surface area contributed by atoms with Crippen molar-refractivity contribution in [1.29, 1.82) is 0 Å². The summed E-state index contributed by atoms with van der Waals surface area (Å²) in [7, 11) is -3.75. The molecule has 34 heavy (non-hydrogen) atoms. The number of benzene rings is 2. The highest BCUT2D eigenvalue weighted by Crippen LogP contribution is 2.32. The second-order valence-corrected chi connectivity index (χ2v) is 9.62. The number of aromatic amines is 1. The first-order valence-electron chi connectivity index (χ1n) is 10.5. The third-order valence-electron chi connectivity index (χ3n) is 5.07. The summed E-state index contributed by atoms with van der Waals surface area (Å²) in [6.45, 7) is 2.19. The summed E-state index contributed by atoms with van der Waals surface area (Å²) in [5.74, 6) is -0.948. The summed E-state index contributed by atoms with van der Waals surface area (Å²) >= 11 is 0. The fourth-order valence-electron chi connectivity index (χ4n) is 3.15. The number of anilines is 1. The third kappa shape index (κ3) is 5.19. The number of aliphatic hydroxyl groups is 1. The molecule has 1 aliphatic rings. The maximum atomic E-state index is 14.8. The molecule has 10 nitrogen and oxygen atoms in total. The number of H-pyrrole nitrogens is 1. The lowest BCUT2D eigenvalue weighted by Gasteiger charge is -2.29. The van der Waals surface area contributed by atoms with Crippen LogP contribution in [0.2, 0.25) is 0 Å². The van der Waals surface area contributed by atoms with E-state index in [1.807, 2.05) is 0 Å². The van der Waals surface area contributed by atoms with Crippen molar-refractivity contribution in [2.24, 2.45) is 0 Å². The number of aliphatic hydroxyl groups excluding tert-OH is 1. The van der Waals surface area contributed by atoms with Crippen molar-refractivity contribution in [3.63, 3.8) is 0 Å². The number of rotatable bonds is 9. The van der Waals surface area contributed by atoms with Crippen LogP contribution in [-0.4, -0.2) is 59.7 Å². The van der Waals surface area contributed by atoms with Crippen LogP contribution in [0.4, 0.5) is 10.2 Å².